The maximum atomic E-state index is 12.3. The molecule has 1 heterocycles. The summed E-state index contributed by atoms with van der Waals surface area (Å²) in [5, 5.41) is 7.48. The molecule has 0 aliphatic carbocycles. The fourth-order valence-corrected chi connectivity index (χ4v) is 2.29. The van der Waals surface area contributed by atoms with Gasteiger partial charge in [0.05, 0.1) is 6.54 Å². The summed E-state index contributed by atoms with van der Waals surface area (Å²) in [7, 11) is 3.10. The maximum absolute atomic E-state index is 12.3. The van der Waals surface area contributed by atoms with E-state index in [0.29, 0.717) is 18.9 Å². The predicted octanol–water partition coefficient (Wildman–Crippen LogP) is -2.16. The van der Waals surface area contributed by atoms with Gasteiger partial charge in [-0.3, -0.25) is 25.2 Å². The Kier molecular flexibility index (Phi) is 13.8. The predicted molar refractivity (Wildman–Crippen MR) is 112 cm³/mol. The molecule has 1 aliphatic heterocycles. The van der Waals surface area contributed by atoms with Gasteiger partial charge in [0.2, 0.25) is 11.9 Å². The van der Waals surface area contributed by atoms with Crippen LogP contribution in [-0.4, -0.2) is 73.9 Å². The summed E-state index contributed by atoms with van der Waals surface area (Å²) in [6.07, 6.45) is 1.45. The number of guanidine groups is 2. The van der Waals surface area contributed by atoms with E-state index in [1.165, 1.54) is 11.9 Å². The Hall–Kier alpha value is -2.31. The fourth-order valence-electron chi connectivity index (χ4n) is 2.29. The summed E-state index contributed by atoms with van der Waals surface area (Å²) >= 11 is 0. The van der Waals surface area contributed by atoms with Crippen LogP contribution in [-0.2, 0) is 9.59 Å². The topological polar surface area (TPSA) is 193 Å². The largest absolute Gasteiger partial charge is 0.370 e. The van der Waals surface area contributed by atoms with E-state index in [1.54, 1.807) is 7.05 Å². The maximum Gasteiger partial charge on any atom is 0.318 e. The van der Waals surface area contributed by atoms with E-state index in [0.717, 1.165) is 6.42 Å². The minimum absolute atomic E-state index is 0. The van der Waals surface area contributed by atoms with Gasteiger partial charge in [-0.15, -0.1) is 24.8 Å². The molecule has 0 aromatic heterocycles. The molecule has 9 N–H and O–H groups in total. The van der Waals surface area contributed by atoms with E-state index in [4.69, 9.17) is 17.2 Å². The fraction of sp³-hybridized carbons (Fsp3) is 0.643. The number of aliphatic imine (C=N–C) groups is 2. The highest BCUT2D eigenvalue weighted by Crippen LogP contribution is 2.07. The van der Waals surface area contributed by atoms with Crippen LogP contribution < -0.4 is 33.2 Å². The lowest BCUT2D eigenvalue weighted by Gasteiger charge is -2.30. The highest BCUT2D eigenvalue weighted by Gasteiger charge is 2.31. The number of rotatable bonds is 7. The third kappa shape index (κ3) is 9.58. The van der Waals surface area contributed by atoms with Crippen LogP contribution >= 0.6 is 24.8 Å². The second-order valence-electron chi connectivity index (χ2n) is 5.83. The van der Waals surface area contributed by atoms with Gasteiger partial charge in [0.1, 0.15) is 6.04 Å². The van der Waals surface area contributed by atoms with Crippen molar-refractivity contribution >= 4 is 54.6 Å². The van der Waals surface area contributed by atoms with Crippen LogP contribution in [0.5, 0.6) is 0 Å². The van der Waals surface area contributed by atoms with Crippen molar-refractivity contribution in [3.05, 3.63) is 0 Å². The van der Waals surface area contributed by atoms with Crippen molar-refractivity contribution in [2.45, 2.75) is 31.3 Å². The molecule has 12 nitrogen and oxygen atoms in total. The monoisotopic (exact) mass is 441 g/mol. The first-order valence-corrected chi connectivity index (χ1v) is 8.13. The van der Waals surface area contributed by atoms with Gasteiger partial charge in [-0.05, 0) is 12.8 Å². The van der Waals surface area contributed by atoms with Crippen LogP contribution in [0.3, 0.4) is 0 Å². The normalized spacial score (nSPS) is 17.1. The summed E-state index contributed by atoms with van der Waals surface area (Å²) in [6, 6.07) is -1.94. The van der Waals surface area contributed by atoms with Gasteiger partial charge in [-0.2, -0.15) is 0 Å². The summed E-state index contributed by atoms with van der Waals surface area (Å²) in [6.45, 7) is 0.634. The van der Waals surface area contributed by atoms with Crippen molar-refractivity contribution in [1.82, 2.24) is 20.9 Å². The van der Waals surface area contributed by atoms with E-state index in [1.807, 2.05) is 0 Å². The Labute approximate surface area is 175 Å². The van der Waals surface area contributed by atoms with E-state index in [9.17, 15) is 14.4 Å². The highest BCUT2D eigenvalue weighted by molar-refractivity contribution is 6.07. The van der Waals surface area contributed by atoms with Crippen LogP contribution in [0.25, 0.3) is 0 Å². The number of nitrogens with two attached hydrogens (primary N) is 3. The average Bonchev–Trinajstić information content (AvgIpc) is 2.57. The molecule has 0 radical (unpaired) electrons. The zero-order chi connectivity index (χ0) is 19.7. The molecule has 0 aromatic carbocycles. The molecule has 162 valence electrons. The van der Waals surface area contributed by atoms with Gasteiger partial charge < -0.3 is 27.4 Å². The Morgan fingerprint density at radius 1 is 1.39 bits per heavy atom. The lowest BCUT2D eigenvalue weighted by Crippen LogP contribution is -2.58. The van der Waals surface area contributed by atoms with Crippen molar-refractivity contribution in [2.75, 3.05) is 27.2 Å². The first-order chi connectivity index (χ1) is 12.2. The molecule has 1 rings (SSSR count). The molecule has 4 amide bonds. The van der Waals surface area contributed by atoms with E-state index in [2.05, 4.69) is 25.9 Å². The summed E-state index contributed by atoms with van der Waals surface area (Å²) in [5.41, 5.74) is 16.4. The number of likely N-dealkylation sites (N-methyl/N-ethyl adjacent to an activating group) is 1. The molecule has 0 saturated carbocycles. The number of amides is 4. The summed E-state index contributed by atoms with van der Waals surface area (Å²) in [4.78, 5) is 44.2. The number of primary amides is 1. The van der Waals surface area contributed by atoms with Crippen LogP contribution in [0.15, 0.2) is 9.98 Å². The number of carbonyl (C=O) groups excluding carboxylic acids is 3. The van der Waals surface area contributed by atoms with E-state index in [-0.39, 0.29) is 55.7 Å². The molecule has 0 aromatic rings. The molecular formula is C14H29Cl2N9O3. The third-order valence-corrected chi connectivity index (χ3v) is 3.80. The Balaban J connectivity index is 0. The second-order valence-corrected chi connectivity index (χ2v) is 5.83. The molecule has 0 fully saturated rings. The van der Waals surface area contributed by atoms with Gasteiger partial charge in [0.15, 0.2) is 5.96 Å². The zero-order valence-corrected chi connectivity index (χ0v) is 17.4. The number of hydrogen-bond donors (Lipinski definition) is 6. The SMILES string of the molecule is CN=C(N)NCCC[C@H](N)CC(=O)N(C)C1CN=C(NC(N)=O)NC1=O.Cl.Cl. The van der Waals surface area contributed by atoms with Crippen LogP contribution in [0, 0.1) is 0 Å². The Morgan fingerprint density at radius 2 is 2.04 bits per heavy atom. The molecule has 0 spiro atoms. The van der Waals surface area contributed by atoms with Gasteiger partial charge >= 0.3 is 6.03 Å². The molecule has 0 bridgehead atoms. The average molecular weight is 442 g/mol. The zero-order valence-electron chi connectivity index (χ0n) is 15.8. The quantitative estimate of drug-likeness (QED) is 0.148. The van der Waals surface area contributed by atoms with Crippen molar-refractivity contribution in [3.63, 3.8) is 0 Å². The van der Waals surface area contributed by atoms with Crippen molar-refractivity contribution in [1.29, 1.82) is 0 Å². The summed E-state index contributed by atoms with van der Waals surface area (Å²) < 4.78 is 0. The Bertz CT molecular complexity index is 601. The molecule has 28 heavy (non-hydrogen) atoms. The number of hydrogen-bond acceptors (Lipinski definition) is 6. The number of halogens is 2. The molecule has 14 heteroatoms. The van der Waals surface area contributed by atoms with Crippen molar-refractivity contribution in [2.24, 2.45) is 27.2 Å². The first-order valence-electron chi connectivity index (χ1n) is 8.13. The number of carbonyl (C=O) groups is 3. The highest BCUT2D eigenvalue weighted by atomic mass is 35.5. The molecule has 0 saturated heterocycles. The number of nitrogens with one attached hydrogen (secondary N) is 3. The van der Waals surface area contributed by atoms with Gasteiger partial charge in [0.25, 0.3) is 5.91 Å². The van der Waals surface area contributed by atoms with Gasteiger partial charge in [-0.1, -0.05) is 0 Å². The minimum atomic E-state index is -0.834. The minimum Gasteiger partial charge on any atom is -0.370 e. The van der Waals surface area contributed by atoms with Gasteiger partial charge in [-0.25, -0.2) is 9.79 Å². The van der Waals surface area contributed by atoms with Crippen LogP contribution in [0.2, 0.25) is 0 Å². The second kappa shape index (κ2) is 13.8. The van der Waals surface area contributed by atoms with E-state index >= 15 is 0 Å². The Morgan fingerprint density at radius 3 is 2.57 bits per heavy atom. The van der Waals surface area contributed by atoms with Crippen molar-refractivity contribution in [3.8, 4) is 0 Å². The number of urea groups is 1. The molecule has 1 aliphatic rings. The smallest absolute Gasteiger partial charge is 0.318 e. The van der Waals surface area contributed by atoms with E-state index < -0.39 is 18.0 Å². The number of nitrogens with zero attached hydrogens (tertiary/aromatic N) is 3. The van der Waals surface area contributed by atoms with Crippen LogP contribution in [0.1, 0.15) is 19.3 Å². The first kappa shape index (κ1) is 27.9. The van der Waals surface area contributed by atoms with Crippen molar-refractivity contribution < 1.29 is 14.4 Å². The standard InChI is InChI=1S/C14H27N9O3.2ClH/c1-18-12(16)19-5-3-4-8(15)6-10(24)23(2)9-7-20-14(21-11(9)25)22-13(17)26;;/h8-9H,3-7,15H2,1-2H3,(H3,16,18,19)(H4,17,20,21,22,25,26);2*1H/t8-,9?;;/m0../s1. The molecule has 2 atom stereocenters. The molecular weight excluding hydrogens is 413 g/mol. The summed E-state index contributed by atoms with van der Waals surface area (Å²) in [5.74, 6) is -0.393. The third-order valence-electron chi connectivity index (χ3n) is 3.80. The molecule has 1 unspecified atom stereocenters. The van der Waals surface area contributed by atoms with Crippen LogP contribution in [0.4, 0.5) is 4.79 Å². The van der Waals surface area contributed by atoms with Gasteiger partial charge in [0, 0.05) is 33.1 Å². The lowest BCUT2D eigenvalue weighted by molar-refractivity contribution is -0.138. The lowest BCUT2D eigenvalue weighted by atomic mass is 10.1.